The zero-order chi connectivity index (χ0) is 14.1. The Morgan fingerprint density at radius 1 is 1.35 bits per heavy atom. The number of amides is 1. The van der Waals surface area contributed by atoms with Crippen LogP contribution in [0.4, 0.5) is 5.82 Å². The van der Waals surface area contributed by atoms with Crippen molar-refractivity contribution < 1.29 is 4.79 Å². The number of hydrogen-bond acceptors (Lipinski definition) is 5. The molecule has 3 heterocycles. The fourth-order valence-corrected chi connectivity index (χ4v) is 3.07. The van der Waals surface area contributed by atoms with Crippen molar-refractivity contribution in [2.45, 2.75) is 18.9 Å². The molecule has 0 bridgehead atoms. The summed E-state index contributed by atoms with van der Waals surface area (Å²) in [5.41, 5.74) is 0.397. The van der Waals surface area contributed by atoms with Crippen molar-refractivity contribution in [1.82, 2.24) is 20.4 Å². The van der Waals surface area contributed by atoms with E-state index in [4.69, 9.17) is 0 Å². The van der Waals surface area contributed by atoms with Gasteiger partial charge >= 0.3 is 0 Å². The second kappa shape index (κ2) is 5.36. The molecule has 0 aromatic carbocycles. The van der Waals surface area contributed by atoms with Crippen LogP contribution in [0.2, 0.25) is 0 Å². The van der Waals surface area contributed by atoms with Crippen molar-refractivity contribution in [3.8, 4) is 0 Å². The summed E-state index contributed by atoms with van der Waals surface area (Å²) in [6.45, 7) is 3.14. The van der Waals surface area contributed by atoms with Crippen LogP contribution in [0.3, 0.4) is 0 Å². The fourth-order valence-electron chi connectivity index (χ4n) is 3.07. The highest BCUT2D eigenvalue weighted by molar-refractivity contribution is 5.91. The largest absolute Gasteiger partial charge is 0.353 e. The van der Waals surface area contributed by atoms with E-state index in [1.165, 1.54) is 17.7 Å². The molecule has 6 nitrogen and oxygen atoms in total. The number of carbonyl (C=O) groups is 1. The lowest BCUT2D eigenvalue weighted by atomic mass is 9.94. The smallest absolute Gasteiger partial charge is 0.273 e. The number of fused-ring (bicyclic) bond motifs is 1. The van der Waals surface area contributed by atoms with E-state index in [0.29, 0.717) is 17.7 Å². The van der Waals surface area contributed by atoms with Gasteiger partial charge in [-0.15, -0.1) is 10.2 Å². The summed E-state index contributed by atoms with van der Waals surface area (Å²) in [5.74, 6) is 1.48. The van der Waals surface area contributed by atoms with Gasteiger partial charge in [0.15, 0.2) is 11.5 Å². The van der Waals surface area contributed by atoms with Crippen LogP contribution in [-0.2, 0) is 0 Å². The Bertz CT molecular complexity index is 473. The van der Waals surface area contributed by atoms with Crippen molar-refractivity contribution in [1.29, 1.82) is 0 Å². The number of anilines is 1. The molecule has 1 aromatic heterocycles. The number of rotatable bonds is 2. The van der Waals surface area contributed by atoms with Crippen molar-refractivity contribution in [3.05, 3.63) is 17.8 Å². The first kappa shape index (κ1) is 13.3. The molecule has 0 saturated carbocycles. The molecule has 3 rings (SSSR count). The van der Waals surface area contributed by atoms with Gasteiger partial charge in [-0.25, -0.2) is 0 Å². The maximum atomic E-state index is 11.8. The molecular weight excluding hydrogens is 254 g/mol. The zero-order valence-corrected chi connectivity index (χ0v) is 12.0. The minimum atomic E-state index is -0.110. The van der Waals surface area contributed by atoms with Gasteiger partial charge < -0.3 is 15.1 Å². The predicted molar refractivity (Wildman–Crippen MR) is 76.8 cm³/mol. The molecule has 2 unspecified atom stereocenters. The maximum absolute atomic E-state index is 11.8. The van der Waals surface area contributed by atoms with Gasteiger partial charge in [0.2, 0.25) is 0 Å². The monoisotopic (exact) mass is 275 g/mol. The number of nitrogens with one attached hydrogen (secondary N) is 1. The minimum absolute atomic E-state index is 0.110. The van der Waals surface area contributed by atoms with Gasteiger partial charge in [-0.2, -0.15) is 0 Å². The molecule has 2 atom stereocenters. The topological polar surface area (TPSA) is 61.4 Å². The fraction of sp³-hybridized carbons (Fsp3) is 0.643. The zero-order valence-electron chi connectivity index (χ0n) is 12.0. The Kier molecular flexibility index (Phi) is 3.56. The Hall–Kier alpha value is -1.69. The van der Waals surface area contributed by atoms with Gasteiger partial charge in [-0.1, -0.05) is 0 Å². The summed E-state index contributed by atoms with van der Waals surface area (Å²) in [4.78, 5) is 15.6. The summed E-state index contributed by atoms with van der Waals surface area (Å²) in [5, 5.41) is 11.9. The van der Waals surface area contributed by atoms with Crippen LogP contribution in [0.5, 0.6) is 0 Å². The van der Waals surface area contributed by atoms with Crippen molar-refractivity contribution in [3.63, 3.8) is 0 Å². The lowest BCUT2D eigenvalue weighted by molar-refractivity contribution is 0.0821. The summed E-state index contributed by atoms with van der Waals surface area (Å²) in [6, 6.07) is 4.25. The lowest BCUT2D eigenvalue weighted by Crippen LogP contribution is -2.40. The third-order valence-corrected chi connectivity index (χ3v) is 4.20. The summed E-state index contributed by atoms with van der Waals surface area (Å²) in [6.07, 6.45) is 2.55. The van der Waals surface area contributed by atoms with E-state index in [1.54, 1.807) is 20.2 Å². The van der Waals surface area contributed by atoms with Crippen LogP contribution in [0, 0.1) is 5.92 Å². The molecule has 2 aliphatic rings. The van der Waals surface area contributed by atoms with E-state index in [1.807, 2.05) is 6.07 Å². The highest BCUT2D eigenvalue weighted by Gasteiger charge is 2.34. The highest BCUT2D eigenvalue weighted by atomic mass is 16.2. The summed E-state index contributed by atoms with van der Waals surface area (Å²) < 4.78 is 0. The second-order valence-electron chi connectivity index (χ2n) is 5.84. The van der Waals surface area contributed by atoms with Crippen molar-refractivity contribution in [2.75, 3.05) is 38.6 Å². The molecule has 0 aliphatic carbocycles. The third kappa shape index (κ3) is 2.47. The van der Waals surface area contributed by atoms with E-state index in [-0.39, 0.29) is 5.91 Å². The van der Waals surface area contributed by atoms with Crippen LogP contribution in [-0.4, -0.2) is 60.8 Å². The first-order valence-electron chi connectivity index (χ1n) is 7.19. The Morgan fingerprint density at radius 3 is 2.85 bits per heavy atom. The minimum Gasteiger partial charge on any atom is -0.353 e. The van der Waals surface area contributed by atoms with E-state index in [2.05, 4.69) is 20.4 Å². The molecular formula is C14H21N5O. The number of aromatic nitrogens is 2. The van der Waals surface area contributed by atoms with E-state index in [0.717, 1.165) is 25.5 Å². The average molecular weight is 275 g/mol. The van der Waals surface area contributed by atoms with Gasteiger partial charge in [0, 0.05) is 33.2 Å². The standard InChI is InChI=1S/C14H21N5O/c1-18(2)14(20)11-5-6-13(17-16-11)19-8-10-4-3-7-15-12(10)9-19/h5-6,10,12,15H,3-4,7-9H2,1-2H3. The third-order valence-electron chi connectivity index (χ3n) is 4.20. The van der Waals surface area contributed by atoms with Crippen LogP contribution in [0.1, 0.15) is 23.3 Å². The molecule has 2 saturated heterocycles. The summed E-state index contributed by atoms with van der Waals surface area (Å²) in [7, 11) is 3.43. The Labute approximate surface area is 119 Å². The number of piperidine rings is 1. The first-order valence-corrected chi connectivity index (χ1v) is 7.19. The molecule has 2 aliphatic heterocycles. The molecule has 0 spiro atoms. The first-order chi connectivity index (χ1) is 9.65. The van der Waals surface area contributed by atoms with Gasteiger partial charge in [-0.05, 0) is 37.4 Å². The average Bonchev–Trinajstić information content (AvgIpc) is 2.90. The van der Waals surface area contributed by atoms with Gasteiger partial charge in [0.05, 0.1) is 0 Å². The van der Waals surface area contributed by atoms with Crippen LogP contribution < -0.4 is 10.2 Å². The Morgan fingerprint density at radius 2 is 2.20 bits per heavy atom. The molecule has 0 radical (unpaired) electrons. The van der Waals surface area contributed by atoms with Gasteiger partial charge in [-0.3, -0.25) is 4.79 Å². The molecule has 1 N–H and O–H groups in total. The molecule has 6 heteroatoms. The maximum Gasteiger partial charge on any atom is 0.273 e. The van der Waals surface area contributed by atoms with Crippen LogP contribution in [0.25, 0.3) is 0 Å². The van der Waals surface area contributed by atoms with Crippen LogP contribution >= 0.6 is 0 Å². The highest BCUT2D eigenvalue weighted by Crippen LogP contribution is 2.27. The second-order valence-corrected chi connectivity index (χ2v) is 5.84. The van der Waals surface area contributed by atoms with E-state index >= 15 is 0 Å². The predicted octanol–water partition coefficient (Wildman–Crippen LogP) is 0.367. The number of hydrogen-bond donors (Lipinski definition) is 1. The molecule has 20 heavy (non-hydrogen) atoms. The van der Waals surface area contributed by atoms with Gasteiger partial charge in [0.25, 0.3) is 5.91 Å². The molecule has 1 aromatic rings. The Balaban J connectivity index is 1.71. The number of carbonyl (C=O) groups excluding carboxylic acids is 1. The molecule has 108 valence electrons. The van der Waals surface area contributed by atoms with Crippen LogP contribution in [0.15, 0.2) is 12.1 Å². The molecule has 2 fully saturated rings. The summed E-state index contributed by atoms with van der Waals surface area (Å²) >= 11 is 0. The van der Waals surface area contributed by atoms with Crippen molar-refractivity contribution >= 4 is 11.7 Å². The van der Waals surface area contributed by atoms with Crippen molar-refractivity contribution in [2.24, 2.45) is 5.92 Å². The number of nitrogens with zero attached hydrogens (tertiary/aromatic N) is 4. The van der Waals surface area contributed by atoms with E-state index < -0.39 is 0 Å². The lowest BCUT2D eigenvalue weighted by Gasteiger charge is -2.24. The normalized spacial score (nSPS) is 25.4. The SMILES string of the molecule is CN(C)C(=O)c1ccc(N2CC3CCCNC3C2)nn1. The van der Waals surface area contributed by atoms with E-state index in [9.17, 15) is 4.79 Å². The molecule has 1 amide bonds. The van der Waals surface area contributed by atoms with Gasteiger partial charge in [0.1, 0.15) is 0 Å². The quantitative estimate of drug-likeness (QED) is 0.845.